The van der Waals surface area contributed by atoms with Gasteiger partial charge < -0.3 is 15.0 Å². The lowest BCUT2D eigenvalue weighted by molar-refractivity contribution is 0.0773. The van der Waals surface area contributed by atoms with Gasteiger partial charge in [0.2, 0.25) is 0 Å². The number of hydrogen-bond acceptors (Lipinski definition) is 3. The maximum atomic E-state index is 12.5. The summed E-state index contributed by atoms with van der Waals surface area (Å²) in [5.41, 5.74) is 3.01. The number of carbonyl (C=O) groups excluding carboxylic acids is 2. The zero-order valence-corrected chi connectivity index (χ0v) is 18.0. The summed E-state index contributed by atoms with van der Waals surface area (Å²) in [6.45, 7) is 5.74. The summed E-state index contributed by atoms with van der Waals surface area (Å²) in [6, 6.07) is 17.9. The van der Waals surface area contributed by atoms with E-state index in [1.165, 1.54) is 5.56 Å². The number of hydrogen-bond donors (Lipinski definition) is 1. The van der Waals surface area contributed by atoms with Crippen LogP contribution in [0, 0.1) is 0 Å². The summed E-state index contributed by atoms with van der Waals surface area (Å²) < 4.78 is 5.33. The Hall–Kier alpha value is -2.82. The lowest BCUT2D eigenvalue weighted by Crippen LogP contribution is -2.37. The second-order valence-corrected chi connectivity index (χ2v) is 7.85. The van der Waals surface area contributed by atoms with E-state index in [2.05, 4.69) is 17.4 Å². The van der Waals surface area contributed by atoms with Gasteiger partial charge in [-0.2, -0.15) is 0 Å². The molecule has 2 amide bonds. The molecule has 0 radical (unpaired) electrons. The van der Waals surface area contributed by atoms with E-state index in [9.17, 15) is 9.59 Å². The van der Waals surface area contributed by atoms with Crippen LogP contribution in [0.1, 0.15) is 66.9 Å². The molecule has 1 N–H and O–H groups in total. The highest BCUT2D eigenvalue weighted by molar-refractivity contribution is 5.94. The van der Waals surface area contributed by atoms with E-state index in [4.69, 9.17) is 4.74 Å². The fourth-order valence-corrected chi connectivity index (χ4v) is 4.09. The van der Waals surface area contributed by atoms with Crippen molar-refractivity contribution in [3.8, 4) is 0 Å². The first kappa shape index (κ1) is 21.9. The molecule has 30 heavy (non-hydrogen) atoms. The average Bonchev–Trinajstić information content (AvgIpc) is 2.80. The molecule has 0 spiro atoms. The van der Waals surface area contributed by atoms with E-state index in [-0.39, 0.29) is 18.0 Å². The summed E-state index contributed by atoms with van der Waals surface area (Å²) in [7, 11) is 0. The van der Waals surface area contributed by atoms with Gasteiger partial charge in [-0.15, -0.1) is 0 Å². The van der Waals surface area contributed by atoms with Crippen molar-refractivity contribution in [1.82, 2.24) is 10.2 Å². The molecule has 0 heterocycles. The van der Waals surface area contributed by atoms with Crippen molar-refractivity contribution in [2.45, 2.75) is 58.1 Å². The quantitative estimate of drug-likeness (QED) is 0.692. The monoisotopic (exact) mass is 408 g/mol. The van der Waals surface area contributed by atoms with Crippen LogP contribution in [-0.4, -0.2) is 36.0 Å². The van der Waals surface area contributed by atoms with Crippen LogP contribution in [0.15, 0.2) is 54.6 Å². The minimum absolute atomic E-state index is 0.0912. The molecule has 1 aliphatic carbocycles. The third kappa shape index (κ3) is 5.85. The molecule has 0 saturated heterocycles. The first-order chi connectivity index (χ1) is 14.6. The number of nitrogens with one attached hydrogen (secondary N) is 1. The highest BCUT2D eigenvalue weighted by Crippen LogP contribution is 2.33. The second kappa shape index (κ2) is 10.8. The predicted molar refractivity (Wildman–Crippen MR) is 118 cm³/mol. The number of benzene rings is 2. The Bertz CT molecular complexity index is 808. The molecule has 5 heteroatoms. The van der Waals surface area contributed by atoms with Crippen LogP contribution in [0.4, 0.5) is 4.79 Å². The Morgan fingerprint density at radius 2 is 1.57 bits per heavy atom. The molecule has 0 aliphatic heterocycles. The highest BCUT2D eigenvalue weighted by atomic mass is 16.5. The Kier molecular flexibility index (Phi) is 7.89. The molecular weight excluding hydrogens is 376 g/mol. The zero-order valence-electron chi connectivity index (χ0n) is 18.0. The lowest BCUT2D eigenvalue weighted by atomic mass is 9.81. The summed E-state index contributed by atoms with van der Waals surface area (Å²) in [5.74, 6) is 0.564. The number of nitrogens with zero attached hydrogens (tertiary/aromatic N) is 1. The van der Waals surface area contributed by atoms with Crippen molar-refractivity contribution < 1.29 is 14.3 Å². The van der Waals surface area contributed by atoms with Crippen molar-refractivity contribution in [3.63, 3.8) is 0 Å². The summed E-state index contributed by atoms with van der Waals surface area (Å²) >= 11 is 0. The van der Waals surface area contributed by atoms with Crippen molar-refractivity contribution in [1.29, 1.82) is 0 Å². The molecule has 1 saturated carbocycles. The van der Waals surface area contributed by atoms with Crippen molar-refractivity contribution in [2.75, 3.05) is 13.1 Å². The Morgan fingerprint density at radius 3 is 2.17 bits per heavy atom. The topological polar surface area (TPSA) is 58.6 Å². The van der Waals surface area contributed by atoms with Crippen LogP contribution >= 0.6 is 0 Å². The maximum absolute atomic E-state index is 12.5. The van der Waals surface area contributed by atoms with E-state index in [1.54, 1.807) is 0 Å². The molecule has 3 rings (SSSR count). The molecule has 0 atom stereocenters. The number of amides is 2. The van der Waals surface area contributed by atoms with Crippen molar-refractivity contribution in [2.24, 2.45) is 0 Å². The summed E-state index contributed by atoms with van der Waals surface area (Å²) in [6.07, 6.45) is 3.57. The normalized spacial score (nSPS) is 18.5. The Labute approximate surface area is 179 Å². The van der Waals surface area contributed by atoms with Crippen LogP contribution in [0.25, 0.3) is 0 Å². The molecular formula is C25H32N2O3. The maximum Gasteiger partial charge on any atom is 0.407 e. The van der Waals surface area contributed by atoms with Crippen LogP contribution in [0.2, 0.25) is 0 Å². The third-order valence-corrected chi connectivity index (χ3v) is 5.94. The lowest BCUT2D eigenvalue weighted by Gasteiger charge is -2.29. The van der Waals surface area contributed by atoms with Gasteiger partial charge in [-0.05, 0) is 68.7 Å². The molecule has 2 aromatic carbocycles. The van der Waals surface area contributed by atoms with E-state index in [0.29, 0.717) is 12.5 Å². The molecule has 0 aromatic heterocycles. The number of ether oxygens (including phenoxy) is 1. The molecule has 2 aromatic rings. The van der Waals surface area contributed by atoms with Gasteiger partial charge in [0.15, 0.2) is 0 Å². The minimum atomic E-state index is -0.346. The van der Waals surface area contributed by atoms with Crippen LogP contribution < -0.4 is 5.32 Å². The van der Waals surface area contributed by atoms with Crippen molar-refractivity contribution in [3.05, 3.63) is 71.3 Å². The van der Waals surface area contributed by atoms with Gasteiger partial charge >= 0.3 is 6.09 Å². The van der Waals surface area contributed by atoms with Crippen LogP contribution in [0.3, 0.4) is 0 Å². The molecule has 1 aliphatic rings. The Morgan fingerprint density at radius 1 is 0.933 bits per heavy atom. The largest absolute Gasteiger partial charge is 0.445 e. The van der Waals surface area contributed by atoms with E-state index >= 15 is 0 Å². The number of carbonyl (C=O) groups is 2. The Balaban J connectivity index is 1.44. The smallest absolute Gasteiger partial charge is 0.407 e. The molecule has 0 unspecified atom stereocenters. The van der Waals surface area contributed by atoms with Crippen LogP contribution in [-0.2, 0) is 11.3 Å². The summed E-state index contributed by atoms with van der Waals surface area (Å²) in [4.78, 5) is 26.4. The van der Waals surface area contributed by atoms with Gasteiger partial charge in [0, 0.05) is 24.7 Å². The minimum Gasteiger partial charge on any atom is -0.445 e. The second-order valence-electron chi connectivity index (χ2n) is 7.85. The van der Waals surface area contributed by atoms with E-state index < -0.39 is 0 Å². The fraction of sp³-hybridized carbons (Fsp3) is 0.440. The third-order valence-electron chi connectivity index (χ3n) is 5.94. The van der Waals surface area contributed by atoms with Gasteiger partial charge in [-0.3, -0.25) is 4.79 Å². The van der Waals surface area contributed by atoms with Gasteiger partial charge in [0.05, 0.1) is 0 Å². The van der Waals surface area contributed by atoms with Gasteiger partial charge in [-0.1, -0.05) is 42.5 Å². The zero-order chi connectivity index (χ0) is 21.3. The molecule has 0 bridgehead atoms. The molecule has 160 valence electrons. The highest BCUT2D eigenvalue weighted by Gasteiger charge is 2.24. The SMILES string of the molecule is CCN(CC)C(=O)c1ccc(C2CCC(NC(=O)OCc3ccccc3)CC2)cc1. The van der Waals surface area contributed by atoms with Crippen molar-refractivity contribution >= 4 is 12.0 Å². The summed E-state index contributed by atoms with van der Waals surface area (Å²) in [5, 5.41) is 3.00. The van der Waals surface area contributed by atoms with Gasteiger partial charge in [0.1, 0.15) is 6.61 Å². The van der Waals surface area contributed by atoms with Gasteiger partial charge in [-0.25, -0.2) is 4.79 Å². The standard InChI is InChI=1S/C25H32N2O3/c1-3-27(4-2)24(28)22-12-10-20(11-13-22)21-14-16-23(17-15-21)26-25(29)30-18-19-8-6-5-7-9-19/h5-13,21,23H,3-4,14-18H2,1-2H3,(H,26,29). The fourth-order valence-electron chi connectivity index (χ4n) is 4.09. The first-order valence-corrected chi connectivity index (χ1v) is 11.0. The number of alkyl carbamates (subject to hydrolysis) is 1. The predicted octanol–water partition coefficient (Wildman–Crippen LogP) is 5.12. The average molecular weight is 409 g/mol. The number of rotatable bonds is 7. The van der Waals surface area contributed by atoms with E-state index in [1.807, 2.05) is 61.2 Å². The van der Waals surface area contributed by atoms with Crippen LogP contribution in [0.5, 0.6) is 0 Å². The van der Waals surface area contributed by atoms with E-state index in [0.717, 1.165) is 49.9 Å². The molecule has 5 nitrogen and oxygen atoms in total. The van der Waals surface area contributed by atoms with Gasteiger partial charge in [0.25, 0.3) is 5.91 Å². The first-order valence-electron chi connectivity index (χ1n) is 11.0. The molecule has 1 fully saturated rings.